The predicted molar refractivity (Wildman–Crippen MR) is 78.1 cm³/mol. The molecule has 106 valence electrons. The Hall–Kier alpha value is -1.82. The predicted octanol–water partition coefficient (Wildman–Crippen LogP) is 3.12. The van der Waals surface area contributed by atoms with E-state index in [4.69, 9.17) is 5.84 Å². The number of rotatable bonds is 7. The molecule has 2 unspecified atom stereocenters. The molecular weight excluding hydrogens is 244 g/mol. The molecule has 6 nitrogen and oxygen atoms in total. The van der Waals surface area contributed by atoms with Crippen molar-refractivity contribution in [2.45, 2.75) is 39.7 Å². The Balaban J connectivity index is 2.91. The van der Waals surface area contributed by atoms with Crippen molar-refractivity contribution >= 4 is 17.1 Å². The fourth-order valence-electron chi connectivity index (χ4n) is 2.07. The number of nitrogens with two attached hydrogens (primary N) is 1. The van der Waals surface area contributed by atoms with E-state index in [0.717, 1.165) is 12.8 Å². The summed E-state index contributed by atoms with van der Waals surface area (Å²) < 4.78 is 0. The lowest BCUT2D eigenvalue weighted by Crippen LogP contribution is -2.19. The van der Waals surface area contributed by atoms with E-state index in [2.05, 4.69) is 24.6 Å². The zero-order valence-corrected chi connectivity index (χ0v) is 11.6. The fourth-order valence-corrected chi connectivity index (χ4v) is 2.07. The first-order chi connectivity index (χ1) is 8.99. The molecule has 4 N–H and O–H groups in total. The quantitative estimate of drug-likeness (QED) is 0.400. The second kappa shape index (κ2) is 6.94. The number of hydrogen-bond donors (Lipinski definition) is 3. The number of benzene rings is 1. The van der Waals surface area contributed by atoms with Gasteiger partial charge in [-0.25, -0.2) is 0 Å². The van der Waals surface area contributed by atoms with E-state index >= 15 is 0 Å². The zero-order chi connectivity index (χ0) is 14.4. The summed E-state index contributed by atoms with van der Waals surface area (Å²) in [7, 11) is 0. The highest BCUT2D eigenvalue weighted by atomic mass is 16.6. The van der Waals surface area contributed by atoms with Crippen molar-refractivity contribution in [1.29, 1.82) is 0 Å². The number of hydrazine groups is 1. The Morgan fingerprint density at radius 2 is 2.00 bits per heavy atom. The fraction of sp³-hybridized carbons (Fsp3) is 0.538. The third kappa shape index (κ3) is 4.10. The van der Waals surface area contributed by atoms with E-state index in [9.17, 15) is 10.1 Å². The van der Waals surface area contributed by atoms with Gasteiger partial charge in [0.05, 0.1) is 4.92 Å². The highest BCUT2D eigenvalue weighted by molar-refractivity contribution is 5.75. The minimum absolute atomic E-state index is 0.0130. The lowest BCUT2D eigenvalue weighted by Gasteiger charge is -2.19. The first kappa shape index (κ1) is 15.2. The minimum atomic E-state index is -0.423. The Labute approximate surface area is 113 Å². The molecule has 0 amide bonds. The number of hydrogen-bond acceptors (Lipinski definition) is 5. The molecular formula is C13H22N4O2. The SMILES string of the molecule is CCC(C)CC(C)Nc1cccc(NN)c1[N+](=O)[O-]. The van der Waals surface area contributed by atoms with Crippen molar-refractivity contribution in [3.8, 4) is 0 Å². The largest absolute Gasteiger partial charge is 0.377 e. The molecule has 1 rings (SSSR count). The molecule has 0 bridgehead atoms. The van der Waals surface area contributed by atoms with Crippen molar-refractivity contribution in [3.63, 3.8) is 0 Å². The molecule has 0 aliphatic heterocycles. The molecule has 0 saturated carbocycles. The first-order valence-corrected chi connectivity index (χ1v) is 6.50. The average molecular weight is 266 g/mol. The van der Waals surface area contributed by atoms with Crippen molar-refractivity contribution in [2.75, 3.05) is 10.7 Å². The number of anilines is 2. The van der Waals surface area contributed by atoms with E-state index in [1.165, 1.54) is 0 Å². The standard InChI is InChI=1S/C13H22N4O2/c1-4-9(2)8-10(3)15-11-6-5-7-12(16-14)13(11)17(18)19/h5-7,9-10,15-16H,4,8,14H2,1-3H3. The van der Waals surface area contributed by atoms with Gasteiger partial charge in [0.2, 0.25) is 0 Å². The maximum atomic E-state index is 11.1. The lowest BCUT2D eigenvalue weighted by molar-refractivity contribution is -0.383. The van der Waals surface area contributed by atoms with Gasteiger partial charge < -0.3 is 10.7 Å². The van der Waals surface area contributed by atoms with Crippen LogP contribution in [0.15, 0.2) is 18.2 Å². The Kier molecular flexibility index (Phi) is 5.57. The van der Waals surface area contributed by atoms with Crippen molar-refractivity contribution in [1.82, 2.24) is 0 Å². The van der Waals surface area contributed by atoms with Gasteiger partial charge in [-0.1, -0.05) is 26.3 Å². The Morgan fingerprint density at radius 3 is 2.53 bits per heavy atom. The van der Waals surface area contributed by atoms with Crippen LogP contribution in [-0.4, -0.2) is 11.0 Å². The summed E-state index contributed by atoms with van der Waals surface area (Å²) >= 11 is 0. The molecule has 19 heavy (non-hydrogen) atoms. The second-order valence-electron chi connectivity index (χ2n) is 4.90. The number of nitro benzene ring substituents is 1. The maximum absolute atomic E-state index is 11.1. The molecule has 0 aromatic heterocycles. The summed E-state index contributed by atoms with van der Waals surface area (Å²) in [5.74, 6) is 5.89. The van der Waals surface area contributed by atoms with Crippen LogP contribution in [0.3, 0.4) is 0 Å². The lowest BCUT2D eigenvalue weighted by atomic mass is 10.00. The van der Waals surface area contributed by atoms with E-state index in [-0.39, 0.29) is 11.7 Å². The maximum Gasteiger partial charge on any atom is 0.316 e. The summed E-state index contributed by atoms with van der Waals surface area (Å²) in [6.07, 6.45) is 2.06. The normalized spacial score (nSPS) is 13.7. The van der Waals surface area contributed by atoms with E-state index in [0.29, 0.717) is 17.3 Å². The van der Waals surface area contributed by atoms with Gasteiger partial charge in [-0.2, -0.15) is 0 Å². The van der Waals surface area contributed by atoms with Crippen molar-refractivity contribution < 1.29 is 4.92 Å². The van der Waals surface area contributed by atoms with Crippen LogP contribution in [0.2, 0.25) is 0 Å². The Bertz CT molecular complexity index is 437. The molecule has 0 aliphatic rings. The summed E-state index contributed by atoms with van der Waals surface area (Å²) in [4.78, 5) is 10.7. The number of nitrogens with one attached hydrogen (secondary N) is 2. The van der Waals surface area contributed by atoms with Crippen LogP contribution in [0, 0.1) is 16.0 Å². The van der Waals surface area contributed by atoms with Gasteiger partial charge >= 0.3 is 5.69 Å². The molecule has 6 heteroatoms. The van der Waals surface area contributed by atoms with Crippen molar-refractivity contribution in [3.05, 3.63) is 28.3 Å². The molecule has 0 aliphatic carbocycles. The monoisotopic (exact) mass is 266 g/mol. The van der Waals surface area contributed by atoms with E-state index in [1.807, 2.05) is 6.92 Å². The smallest absolute Gasteiger partial charge is 0.316 e. The number of para-hydroxylation sites is 1. The van der Waals surface area contributed by atoms with Gasteiger partial charge in [-0.3, -0.25) is 16.0 Å². The molecule has 2 atom stereocenters. The van der Waals surface area contributed by atoms with Crippen LogP contribution in [0.4, 0.5) is 17.1 Å². The molecule has 1 aromatic carbocycles. The molecule has 0 heterocycles. The molecule has 0 saturated heterocycles. The van der Waals surface area contributed by atoms with E-state index < -0.39 is 4.92 Å². The summed E-state index contributed by atoms with van der Waals surface area (Å²) in [5, 5.41) is 14.3. The van der Waals surface area contributed by atoms with Crippen LogP contribution in [0.25, 0.3) is 0 Å². The third-order valence-electron chi connectivity index (χ3n) is 3.23. The minimum Gasteiger partial charge on any atom is -0.377 e. The number of nitrogens with zero attached hydrogens (tertiary/aromatic N) is 1. The van der Waals surface area contributed by atoms with E-state index in [1.54, 1.807) is 18.2 Å². The molecule has 0 spiro atoms. The van der Waals surface area contributed by atoms with Gasteiger partial charge in [0.15, 0.2) is 0 Å². The van der Waals surface area contributed by atoms with Gasteiger partial charge in [-0.05, 0) is 31.4 Å². The van der Waals surface area contributed by atoms with Crippen LogP contribution >= 0.6 is 0 Å². The van der Waals surface area contributed by atoms with Gasteiger partial charge in [0.25, 0.3) is 0 Å². The summed E-state index contributed by atoms with van der Waals surface area (Å²) in [6, 6.07) is 5.19. The molecule has 1 aromatic rings. The van der Waals surface area contributed by atoms with Crippen LogP contribution in [-0.2, 0) is 0 Å². The van der Waals surface area contributed by atoms with Crippen LogP contribution < -0.4 is 16.6 Å². The van der Waals surface area contributed by atoms with Crippen LogP contribution in [0.1, 0.15) is 33.6 Å². The summed E-state index contributed by atoms with van der Waals surface area (Å²) in [5.41, 5.74) is 3.16. The Morgan fingerprint density at radius 1 is 1.37 bits per heavy atom. The van der Waals surface area contributed by atoms with Crippen LogP contribution in [0.5, 0.6) is 0 Å². The second-order valence-corrected chi connectivity index (χ2v) is 4.90. The average Bonchev–Trinajstić information content (AvgIpc) is 2.37. The highest BCUT2D eigenvalue weighted by Crippen LogP contribution is 2.33. The molecule has 0 radical (unpaired) electrons. The zero-order valence-electron chi connectivity index (χ0n) is 11.6. The summed E-state index contributed by atoms with van der Waals surface area (Å²) in [6.45, 7) is 6.34. The molecule has 0 fully saturated rings. The van der Waals surface area contributed by atoms with Gasteiger partial charge in [-0.15, -0.1) is 0 Å². The highest BCUT2D eigenvalue weighted by Gasteiger charge is 2.20. The topological polar surface area (TPSA) is 93.2 Å². The van der Waals surface area contributed by atoms with Gasteiger partial charge in [0, 0.05) is 6.04 Å². The first-order valence-electron chi connectivity index (χ1n) is 6.50. The third-order valence-corrected chi connectivity index (χ3v) is 3.23. The van der Waals surface area contributed by atoms with Gasteiger partial charge in [0.1, 0.15) is 11.4 Å². The number of nitrogen functional groups attached to an aromatic ring is 1. The number of nitro groups is 1. The van der Waals surface area contributed by atoms with Crippen molar-refractivity contribution in [2.24, 2.45) is 11.8 Å².